The Bertz CT molecular complexity index is 871. The van der Waals surface area contributed by atoms with Gasteiger partial charge < -0.3 is 4.42 Å². The molecule has 0 bridgehead atoms. The number of rotatable bonds is 6. The summed E-state index contributed by atoms with van der Waals surface area (Å²) in [5.41, 5.74) is 0.416. The molecular weight excluding hydrogens is 333 g/mol. The second kappa shape index (κ2) is 7.00. The summed E-state index contributed by atoms with van der Waals surface area (Å²) in [7, 11) is 0. The van der Waals surface area contributed by atoms with E-state index in [9.17, 15) is 9.18 Å². The van der Waals surface area contributed by atoms with Crippen LogP contribution in [-0.2, 0) is 6.54 Å². The molecule has 0 saturated carbocycles. The fourth-order valence-corrected chi connectivity index (χ4v) is 3.04. The lowest BCUT2D eigenvalue weighted by atomic mass is 10.2. The number of nitrogens with one attached hydrogen (secondary N) is 1. The molecule has 0 aliphatic rings. The molecule has 0 saturated heterocycles. The summed E-state index contributed by atoms with van der Waals surface area (Å²) >= 11 is 1.36. The minimum Gasteiger partial charge on any atom is -0.419 e. The predicted octanol–water partition coefficient (Wildman–Crippen LogP) is 3.02. The molecular formula is C15H16FN5O2S. The third kappa shape index (κ3) is 3.40. The van der Waals surface area contributed by atoms with E-state index < -0.39 is 0 Å². The number of halogens is 1. The summed E-state index contributed by atoms with van der Waals surface area (Å²) in [4.78, 5) is 11.7. The van der Waals surface area contributed by atoms with E-state index in [0.29, 0.717) is 29.0 Å². The molecule has 7 nitrogen and oxygen atoms in total. The van der Waals surface area contributed by atoms with Gasteiger partial charge in [-0.15, -0.1) is 15.3 Å². The first-order valence-electron chi connectivity index (χ1n) is 7.49. The Labute approximate surface area is 141 Å². The molecule has 0 unspecified atom stereocenters. The number of hydrogen-bond acceptors (Lipinski definition) is 6. The average Bonchev–Trinajstić information content (AvgIpc) is 3.18. The predicted molar refractivity (Wildman–Crippen MR) is 87.1 cm³/mol. The zero-order valence-electron chi connectivity index (χ0n) is 13.2. The summed E-state index contributed by atoms with van der Waals surface area (Å²) in [6.07, 6.45) is 0.830. The second-order valence-corrected chi connectivity index (χ2v) is 6.48. The summed E-state index contributed by atoms with van der Waals surface area (Å²) in [6, 6.07) is 5.84. The Kier molecular flexibility index (Phi) is 4.79. The van der Waals surface area contributed by atoms with Crippen LogP contribution >= 0.6 is 11.8 Å². The lowest BCUT2D eigenvalue weighted by Crippen LogP contribution is -2.17. The van der Waals surface area contributed by atoms with Gasteiger partial charge in [0.1, 0.15) is 5.82 Å². The van der Waals surface area contributed by atoms with Gasteiger partial charge in [-0.3, -0.25) is 4.57 Å². The van der Waals surface area contributed by atoms with Crippen LogP contribution in [0.5, 0.6) is 0 Å². The molecule has 3 aromatic rings. The topological polar surface area (TPSA) is 89.6 Å². The Morgan fingerprint density at radius 3 is 2.79 bits per heavy atom. The summed E-state index contributed by atoms with van der Waals surface area (Å²) < 4.78 is 20.2. The molecule has 1 aromatic carbocycles. The Morgan fingerprint density at radius 1 is 1.33 bits per heavy atom. The van der Waals surface area contributed by atoms with E-state index in [2.05, 4.69) is 20.4 Å². The molecule has 2 heterocycles. The number of nitrogens with zero attached hydrogens (tertiary/aromatic N) is 4. The molecule has 24 heavy (non-hydrogen) atoms. The van der Waals surface area contributed by atoms with Gasteiger partial charge in [0.05, 0.1) is 5.25 Å². The highest BCUT2D eigenvalue weighted by Crippen LogP contribution is 2.33. The van der Waals surface area contributed by atoms with E-state index in [1.54, 1.807) is 16.7 Å². The van der Waals surface area contributed by atoms with E-state index in [1.807, 2.05) is 13.8 Å². The molecule has 2 aromatic heterocycles. The van der Waals surface area contributed by atoms with Gasteiger partial charge in [0.15, 0.2) is 5.16 Å². The molecule has 9 heteroatoms. The zero-order valence-corrected chi connectivity index (χ0v) is 14.0. The van der Waals surface area contributed by atoms with Crippen molar-refractivity contribution in [1.82, 2.24) is 25.0 Å². The largest absolute Gasteiger partial charge is 0.419 e. The normalized spacial score (nSPS) is 12.5. The van der Waals surface area contributed by atoms with Crippen LogP contribution < -0.4 is 5.69 Å². The molecule has 1 N–H and O–H groups in total. The van der Waals surface area contributed by atoms with Crippen LogP contribution in [0.25, 0.3) is 11.5 Å². The summed E-state index contributed by atoms with van der Waals surface area (Å²) in [5, 5.41) is 14.9. The standard InChI is InChI=1S/C15H16FN5O2S/c1-3-8-21-14(22)19-20-15(21)24-9(2)12-17-18-13(23-12)10-4-6-11(16)7-5-10/h4-7,9H,3,8H2,1-2H3,(H,19,22)/t9-/m1/s1. The molecule has 0 spiro atoms. The molecule has 0 fully saturated rings. The maximum Gasteiger partial charge on any atom is 0.343 e. The van der Waals surface area contributed by atoms with Crippen LogP contribution in [0, 0.1) is 5.82 Å². The average molecular weight is 349 g/mol. The molecule has 0 radical (unpaired) electrons. The number of hydrogen-bond donors (Lipinski definition) is 1. The number of aromatic nitrogens is 5. The van der Waals surface area contributed by atoms with Crippen LogP contribution in [0.1, 0.15) is 31.4 Å². The van der Waals surface area contributed by atoms with Crippen molar-refractivity contribution in [3.8, 4) is 11.5 Å². The summed E-state index contributed by atoms with van der Waals surface area (Å²) in [5.74, 6) is 0.415. The van der Waals surface area contributed by atoms with Gasteiger partial charge in [-0.2, -0.15) is 0 Å². The van der Waals surface area contributed by atoms with Gasteiger partial charge in [-0.1, -0.05) is 18.7 Å². The number of H-pyrrole nitrogens is 1. The van der Waals surface area contributed by atoms with Crippen molar-refractivity contribution >= 4 is 11.8 Å². The van der Waals surface area contributed by atoms with Crippen LogP contribution in [0.2, 0.25) is 0 Å². The van der Waals surface area contributed by atoms with Crippen LogP contribution in [-0.4, -0.2) is 25.0 Å². The lowest BCUT2D eigenvalue weighted by Gasteiger charge is -2.07. The first-order valence-corrected chi connectivity index (χ1v) is 8.37. The van der Waals surface area contributed by atoms with Crippen molar-refractivity contribution in [2.75, 3.05) is 0 Å². The zero-order chi connectivity index (χ0) is 17.1. The first-order chi connectivity index (χ1) is 11.6. The number of aromatic amines is 1. The number of thioether (sulfide) groups is 1. The molecule has 0 aliphatic heterocycles. The Morgan fingerprint density at radius 2 is 2.08 bits per heavy atom. The van der Waals surface area contributed by atoms with Crippen molar-refractivity contribution in [1.29, 1.82) is 0 Å². The fraction of sp³-hybridized carbons (Fsp3) is 0.333. The second-order valence-electron chi connectivity index (χ2n) is 5.18. The van der Waals surface area contributed by atoms with Crippen molar-refractivity contribution in [2.45, 2.75) is 37.2 Å². The van der Waals surface area contributed by atoms with E-state index in [1.165, 1.54) is 23.9 Å². The van der Waals surface area contributed by atoms with Crippen LogP contribution in [0.4, 0.5) is 4.39 Å². The molecule has 3 rings (SSSR count). The minimum atomic E-state index is -0.324. The molecule has 126 valence electrons. The fourth-order valence-electron chi connectivity index (χ4n) is 2.13. The quantitative estimate of drug-likeness (QED) is 0.688. The third-order valence-electron chi connectivity index (χ3n) is 3.33. The van der Waals surface area contributed by atoms with E-state index in [-0.39, 0.29) is 16.8 Å². The Balaban J connectivity index is 1.78. The smallest absolute Gasteiger partial charge is 0.343 e. The summed E-state index contributed by atoms with van der Waals surface area (Å²) in [6.45, 7) is 4.47. The lowest BCUT2D eigenvalue weighted by molar-refractivity contribution is 0.508. The van der Waals surface area contributed by atoms with Crippen molar-refractivity contribution in [3.63, 3.8) is 0 Å². The van der Waals surface area contributed by atoms with E-state index in [0.717, 1.165) is 6.42 Å². The van der Waals surface area contributed by atoms with Gasteiger partial charge in [0.25, 0.3) is 0 Å². The van der Waals surface area contributed by atoms with Gasteiger partial charge >= 0.3 is 5.69 Å². The van der Waals surface area contributed by atoms with Crippen molar-refractivity contribution in [2.24, 2.45) is 0 Å². The SMILES string of the molecule is CCCn1c(S[C@H](C)c2nnc(-c3ccc(F)cc3)o2)n[nH]c1=O. The highest BCUT2D eigenvalue weighted by Gasteiger charge is 2.19. The minimum absolute atomic E-state index is 0.183. The third-order valence-corrected chi connectivity index (χ3v) is 4.41. The van der Waals surface area contributed by atoms with Crippen LogP contribution in [0.15, 0.2) is 38.6 Å². The van der Waals surface area contributed by atoms with Crippen LogP contribution in [0.3, 0.4) is 0 Å². The van der Waals surface area contributed by atoms with E-state index in [4.69, 9.17) is 4.42 Å². The Hall–Kier alpha value is -2.42. The van der Waals surface area contributed by atoms with Crippen molar-refractivity contribution in [3.05, 3.63) is 46.5 Å². The highest BCUT2D eigenvalue weighted by atomic mass is 32.2. The van der Waals surface area contributed by atoms with Gasteiger partial charge in [0.2, 0.25) is 11.8 Å². The number of benzene rings is 1. The molecule has 1 atom stereocenters. The monoisotopic (exact) mass is 349 g/mol. The maximum atomic E-state index is 13.0. The first kappa shape index (κ1) is 16.4. The van der Waals surface area contributed by atoms with Gasteiger partial charge in [-0.25, -0.2) is 14.3 Å². The molecule has 0 amide bonds. The maximum absolute atomic E-state index is 13.0. The highest BCUT2D eigenvalue weighted by molar-refractivity contribution is 7.99. The van der Waals surface area contributed by atoms with E-state index >= 15 is 0 Å². The van der Waals surface area contributed by atoms with Crippen molar-refractivity contribution < 1.29 is 8.81 Å². The molecule has 0 aliphatic carbocycles. The van der Waals surface area contributed by atoms with Gasteiger partial charge in [0, 0.05) is 12.1 Å². The van der Waals surface area contributed by atoms with Gasteiger partial charge in [-0.05, 0) is 37.6 Å².